The summed E-state index contributed by atoms with van der Waals surface area (Å²) < 4.78 is 22.6. The molecule has 18 heavy (non-hydrogen) atoms. The van der Waals surface area contributed by atoms with Gasteiger partial charge in [0.2, 0.25) is 0 Å². The minimum absolute atomic E-state index is 0.348. The van der Waals surface area contributed by atoms with Gasteiger partial charge in [0, 0.05) is 18.1 Å². The highest BCUT2D eigenvalue weighted by Gasteiger charge is 2.14. The molecular weight excluding hydrogens is 268 g/mol. The van der Waals surface area contributed by atoms with Gasteiger partial charge in [0.05, 0.1) is 11.4 Å². The van der Waals surface area contributed by atoms with E-state index in [2.05, 4.69) is 17.2 Å². The second kappa shape index (κ2) is 5.32. The fourth-order valence-electron chi connectivity index (χ4n) is 1.59. The van der Waals surface area contributed by atoms with E-state index in [9.17, 15) is 8.42 Å². The quantitative estimate of drug-likeness (QED) is 0.917. The van der Waals surface area contributed by atoms with Gasteiger partial charge in [-0.05, 0) is 24.6 Å². The molecule has 1 unspecified atom stereocenters. The van der Waals surface area contributed by atoms with E-state index in [4.69, 9.17) is 0 Å². The summed E-state index contributed by atoms with van der Waals surface area (Å²) in [7, 11) is -3.11. The van der Waals surface area contributed by atoms with Crippen LogP contribution in [0.4, 0.5) is 0 Å². The third-order valence-corrected chi connectivity index (χ3v) is 4.91. The molecule has 98 valence electrons. The van der Waals surface area contributed by atoms with E-state index in [1.54, 1.807) is 23.9 Å². The number of thioether (sulfide) groups is 1. The smallest absolute Gasteiger partial charge is 0.175 e. The van der Waals surface area contributed by atoms with Gasteiger partial charge in [-0.2, -0.15) is 0 Å². The Morgan fingerprint density at radius 2 is 2.06 bits per heavy atom. The number of sulfone groups is 1. The Morgan fingerprint density at radius 1 is 1.39 bits per heavy atom. The first-order valence-electron chi connectivity index (χ1n) is 5.68. The Bertz CT molecular complexity index is 550. The summed E-state index contributed by atoms with van der Waals surface area (Å²) >= 11 is 1.72. The van der Waals surface area contributed by atoms with Crippen LogP contribution < -0.4 is 5.32 Å². The predicted octanol–water partition coefficient (Wildman–Crippen LogP) is 1.67. The zero-order chi connectivity index (χ0) is 13.2. The van der Waals surface area contributed by atoms with Crippen LogP contribution in [0.5, 0.6) is 0 Å². The number of nitrogens with zero attached hydrogens (tertiary/aromatic N) is 1. The number of aliphatic imine (C=N–C) groups is 1. The van der Waals surface area contributed by atoms with Gasteiger partial charge >= 0.3 is 0 Å². The monoisotopic (exact) mass is 284 g/mol. The van der Waals surface area contributed by atoms with Gasteiger partial charge in [-0.3, -0.25) is 4.99 Å². The van der Waals surface area contributed by atoms with Crippen molar-refractivity contribution in [1.82, 2.24) is 5.32 Å². The van der Waals surface area contributed by atoms with Crippen molar-refractivity contribution in [3.63, 3.8) is 0 Å². The topological polar surface area (TPSA) is 58.5 Å². The van der Waals surface area contributed by atoms with Crippen LogP contribution in [0.25, 0.3) is 0 Å². The molecule has 1 aromatic rings. The normalized spacial score (nSPS) is 22.1. The van der Waals surface area contributed by atoms with Crippen LogP contribution in [0.1, 0.15) is 12.5 Å². The maximum absolute atomic E-state index is 11.3. The molecule has 1 aromatic carbocycles. The van der Waals surface area contributed by atoms with Crippen molar-refractivity contribution < 1.29 is 8.42 Å². The van der Waals surface area contributed by atoms with Crippen LogP contribution >= 0.6 is 11.8 Å². The SMILES string of the molecule is CC1CSC(=NCc2ccc(S(C)(=O)=O)cc2)N1. The highest BCUT2D eigenvalue weighted by molar-refractivity contribution is 8.14. The Balaban J connectivity index is 2.03. The largest absolute Gasteiger partial charge is 0.362 e. The molecule has 1 N–H and O–H groups in total. The highest BCUT2D eigenvalue weighted by atomic mass is 32.2. The van der Waals surface area contributed by atoms with Gasteiger partial charge < -0.3 is 5.32 Å². The second-order valence-electron chi connectivity index (χ2n) is 4.39. The molecule has 0 saturated carbocycles. The third-order valence-electron chi connectivity index (χ3n) is 2.60. The number of amidine groups is 1. The van der Waals surface area contributed by atoms with E-state index >= 15 is 0 Å². The summed E-state index contributed by atoms with van der Waals surface area (Å²) in [6.07, 6.45) is 1.21. The molecule has 1 aliphatic heterocycles. The van der Waals surface area contributed by atoms with Gasteiger partial charge in [0.25, 0.3) is 0 Å². The number of nitrogens with one attached hydrogen (secondary N) is 1. The fraction of sp³-hybridized carbons (Fsp3) is 0.417. The number of hydrogen-bond acceptors (Lipinski definition) is 4. The first-order valence-corrected chi connectivity index (χ1v) is 8.55. The minimum atomic E-state index is -3.11. The van der Waals surface area contributed by atoms with E-state index in [0.717, 1.165) is 16.5 Å². The maximum Gasteiger partial charge on any atom is 0.175 e. The van der Waals surface area contributed by atoms with Crippen molar-refractivity contribution in [2.45, 2.75) is 24.4 Å². The molecular formula is C12H16N2O2S2. The molecule has 2 rings (SSSR count). The number of benzene rings is 1. The lowest BCUT2D eigenvalue weighted by Gasteiger charge is -2.02. The average Bonchev–Trinajstić information content (AvgIpc) is 2.72. The van der Waals surface area contributed by atoms with Crippen LogP contribution in [-0.4, -0.2) is 31.6 Å². The molecule has 0 bridgehead atoms. The van der Waals surface area contributed by atoms with E-state index in [1.807, 2.05) is 12.1 Å². The van der Waals surface area contributed by atoms with Crippen molar-refractivity contribution in [3.05, 3.63) is 29.8 Å². The van der Waals surface area contributed by atoms with Crippen molar-refractivity contribution in [1.29, 1.82) is 0 Å². The van der Waals surface area contributed by atoms with Crippen LogP contribution in [0, 0.1) is 0 Å². The predicted molar refractivity (Wildman–Crippen MR) is 75.7 cm³/mol. The van der Waals surface area contributed by atoms with Gasteiger partial charge in [0.15, 0.2) is 15.0 Å². The van der Waals surface area contributed by atoms with Gasteiger partial charge in [-0.1, -0.05) is 23.9 Å². The summed E-state index contributed by atoms with van der Waals surface area (Å²) in [6.45, 7) is 2.70. The first-order chi connectivity index (χ1) is 8.45. The summed E-state index contributed by atoms with van der Waals surface area (Å²) in [4.78, 5) is 4.80. The van der Waals surface area contributed by atoms with Crippen molar-refractivity contribution in [3.8, 4) is 0 Å². The fourth-order valence-corrected chi connectivity index (χ4v) is 3.16. The van der Waals surface area contributed by atoms with Crippen LogP contribution in [-0.2, 0) is 16.4 Å². The molecule has 1 heterocycles. The van der Waals surface area contributed by atoms with Crippen molar-refractivity contribution in [2.75, 3.05) is 12.0 Å². The lowest BCUT2D eigenvalue weighted by molar-refractivity contribution is 0.602. The Morgan fingerprint density at radius 3 is 2.56 bits per heavy atom. The second-order valence-corrected chi connectivity index (χ2v) is 7.42. The lowest BCUT2D eigenvalue weighted by Crippen LogP contribution is -2.23. The molecule has 4 nitrogen and oxygen atoms in total. The summed E-state index contributed by atoms with van der Waals surface area (Å²) in [5, 5.41) is 4.24. The Kier molecular flexibility index (Phi) is 3.97. The van der Waals surface area contributed by atoms with E-state index in [1.165, 1.54) is 6.26 Å². The van der Waals surface area contributed by atoms with Gasteiger partial charge in [-0.15, -0.1) is 0 Å². The maximum atomic E-state index is 11.3. The zero-order valence-corrected chi connectivity index (χ0v) is 12.0. The van der Waals surface area contributed by atoms with Crippen LogP contribution in [0.3, 0.4) is 0 Å². The molecule has 0 radical (unpaired) electrons. The molecule has 1 atom stereocenters. The van der Waals surface area contributed by atoms with Crippen molar-refractivity contribution >= 4 is 26.8 Å². The average molecular weight is 284 g/mol. The Hall–Kier alpha value is -1.01. The van der Waals surface area contributed by atoms with Gasteiger partial charge in [-0.25, -0.2) is 8.42 Å². The van der Waals surface area contributed by atoms with Gasteiger partial charge in [0.1, 0.15) is 0 Å². The third kappa shape index (κ3) is 3.49. The molecule has 0 spiro atoms. The molecule has 0 amide bonds. The number of hydrogen-bond donors (Lipinski definition) is 1. The summed E-state index contributed by atoms with van der Waals surface area (Å²) in [5.41, 5.74) is 1.01. The highest BCUT2D eigenvalue weighted by Crippen LogP contribution is 2.15. The van der Waals surface area contributed by atoms with Crippen molar-refractivity contribution in [2.24, 2.45) is 4.99 Å². The lowest BCUT2D eigenvalue weighted by atomic mass is 10.2. The zero-order valence-electron chi connectivity index (χ0n) is 10.4. The first kappa shape index (κ1) is 13.4. The molecule has 1 fully saturated rings. The van der Waals surface area contributed by atoms with E-state index in [0.29, 0.717) is 17.5 Å². The standard InChI is InChI=1S/C12H16N2O2S2/c1-9-8-17-12(14-9)13-7-10-3-5-11(6-4-10)18(2,15)16/h3-6,9H,7-8H2,1-2H3,(H,13,14). The summed E-state index contributed by atoms with van der Waals surface area (Å²) in [5.74, 6) is 1.05. The molecule has 0 aromatic heterocycles. The number of rotatable bonds is 3. The summed E-state index contributed by atoms with van der Waals surface area (Å²) in [6, 6.07) is 7.35. The molecule has 6 heteroatoms. The molecule has 1 saturated heterocycles. The van der Waals surface area contributed by atoms with E-state index < -0.39 is 9.84 Å². The Labute approximate surface area is 112 Å². The van der Waals surface area contributed by atoms with E-state index in [-0.39, 0.29) is 0 Å². The minimum Gasteiger partial charge on any atom is -0.362 e. The molecule has 1 aliphatic rings. The van der Waals surface area contributed by atoms with Crippen LogP contribution in [0.15, 0.2) is 34.2 Å². The van der Waals surface area contributed by atoms with Crippen LogP contribution in [0.2, 0.25) is 0 Å². The molecule has 0 aliphatic carbocycles.